The number of ketones is 2. The van der Waals surface area contributed by atoms with Crippen LogP contribution >= 0.6 is 0 Å². The van der Waals surface area contributed by atoms with Crippen molar-refractivity contribution in [3.63, 3.8) is 0 Å². The van der Waals surface area contributed by atoms with Gasteiger partial charge in [-0.1, -0.05) is 74.5 Å². The molecule has 0 unspecified atom stereocenters. The summed E-state index contributed by atoms with van der Waals surface area (Å²) in [4.78, 5) is 58.1. The lowest BCUT2D eigenvalue weighted by Crippen LogP contribution is -2.21. The van der Waals surface area contributed by atoms with Gasteiger partial charge in [-0.05, 0) is 72.9 Å². The molecule has 4 aromatic rings. The highest BCUT2D eigenvalue weighted by Crippen LogP contribution is 2.35. The Morgan fingerprint density at radius 3 is 1.27 bits per heavy atom. The van der Waals surface area contributed by atoms with Crippen molar-refractivity contribution < 1.29 is 19.2 Å². The zero-order chi connectivity index (χ0) is 34.2. The first-order valence-corrected chi connectivity index (χ1v) is 16.8. The second-order valence-electron chi connectivity index (χ2n) is 12.9. The van der Waals surface area contributed by atoms with Gasteiger partial charge >= 0.3 is 0 Å². The van der Waals surface area contributed by atoms with Crippen LogP contribution in [0.4, 0.5) is 0 Å². The van der Waals surface area contributed by atoms with E-state index in [2.05, 4.69) is 20.6 Å². The predicted octanol–water partition coefficient (Wildman–Crippen LogP) is 7.15. The maximum absolute atomic E-state index is 12.5. The van der Waals surface area contributed by atoms with Crippen LogP contribution in [0.5, 0.6) is 0 Å². The Hall–Kier alpha value is -4.98. The number of carbonyl (C=O) groups is 4. The molecular formula is C40H44N4O4. The van der Waals surface area contributed by atoms with Crippen molar-refractivity contribution in [2.24, 2.45) is 11.8 Å². The quantitative estimate of drug-likeness (QED) is 0.158. The van der Waals surface area contributed by atoms with E-state index in [9.17, 15) is 19.2 Å². The van der Waals surface area contributed by atoms with E-state index >= 15 is 0 Å². The third-order valence-electron chi connectivity index (χ3n) is 9.08. The Kier molecular flexibility index (Phi) is 11.3. The van der Waals surface area contributed by atoms with Gasteiger partial charge in [-0.3, -0.25) is 19.2 Å². The summed E-state index contributed by atoms with van der Waals surface area (Å²) < 4.78 is 0. The number of nitrogens with one attached hydrogen (secondary N) is 2. The number of pyridine rings is 2. The van der Waals surface area contributed by atoms with Crippen molar-refractivity contribution in [2.75, 3.05) is 14.1 Å². The number of benzene rings is 2. The maximum atomic E-state index is 12.5. The summed E-state index contributed by atoms with van der Waals surface area (Å²) >= 11 is 0. The van der Waals surface area contributed by atoms with Crippen LogP contribution in [0, 0.1) is 11.8 Å². The highest BCUT2D eigenvalue weighted by Gasteiger charge is 2.27. The van der Waals surface area contributed by atoms with Crippen LogP contribution in [0.25, 0.3) is 0 Å². The molecule has 8 heteroatoms. The van der Waals surface area contributed by atoms with Crippen molar-refractivity contribution in [1.82, 2.24) is 20.6 Å². The lowest BCUT2D eigenvalue weighted by atomic mass is 9.94. The number of nitrogens with zero attached hydrogens (tertiary/aromatic N) is 2. The molecular weight excluding hydrogens is 600 g/mol. The average Bonchev–Trinajstić information content (AvgIpc) is 4.09. The van der Waals surface area contributed by atoms with E-state index in [1.165, 1.54) is 0 Å². The van der Waals surface area contributed by atoms with Crippen molar-refractivity contribution in [2.45, 2.75) is 64.2 Å². The Balaban J connectivity index is 0.000000188. The first kappa shape index (κ1) is 34.4. The van der Waals surface area contributed by atoms with Gasteiger partial charge in [0.05, 0.1) is 0 Å². The molecule has 2 atom stereocenters. The van der Waals surface area contributed by atoms with Gasteiger partial charge in [0.2, 0.25) is 0 Å². The van der Waals surface area contributed by atoms with Gasteiger partial charge in [0.25, 0.3) is 11.8 Å². The highest BCUT2D eigenvalue weighted by molar-refractivity contribution is 6.00. The molecule has 0 spiro atoms. The normalized spacial score (nSPS) is 14.9. The van der Waals surface area contributed by atoms with Crippen molar-refractivity contribution in [3.05, 3.63) is 130 Å². The zero-order valence-corrected chi connectivity index (χ0v) is 28.2. The van der Waals surface area contributed by atoms with Crippen molar-refractivity contribution in [3.8, 4) is 0 Å². The van der Waals surface area contributed by atoms with Gasteiger partial charge in [0, 0.05) is 61.3 Å². The van der Waals surface area contributed by atoms with Crippen LogP contribution in [-0.2, 0) is 0 Å². The summed E-state index contributed by atoms with van der Waals surface area (Å²) in [6.07, 6.45) is 5.66. The van der Waals surface area contributed by atoms with E-state index in [0.717, 1.165) is 48.2 Å². The van der Waals surface area contributed by atoms with Crippen LogP contribution < -0.4 is 10.6 Å². The minimum atomic E-state index is -0.266. The van der Waals surface area contributed by atoms with E-state index in [1.807, 2.05) is 86.6 Å². The van der Waals surface area contributed by atoms with Gasteiger partial charge in [-0.15, -0.1) is 0 Å². The molecule has 2 aliphatic rings. The van der Waals surface area contributed by atoms with Crippen LogP contribution in [-0.4, -0.2) is 47.4 Å². The second kappa shape index (κ2) is 15.7. The van der Waals surface area contributed by atoms with Gasteiger partial charge in [-0.25, -0.2) is 9.97 Å². The van der Waals surface area contributed by atoms with E-state index in [-0.39, 0.29) is 35.2 Å². The molecule has 0 bridgehead atoms. The molecule has 248 valence electrons. The van der Waals surface area contributed by atoms with Crippen LogP contribution in [0.1, 0.15) is 128 Å². The summed E-state index contributed by atoms with van der Waals surface area (Å²) in [6, 6.07) is 26.9. The monoisotopic (exact) mass is 644 g/mol. The fourth-order valence-electron chi connectivity index (χ4n) is 5.59. The largest absolute Gasteiger partial charge is 0.354 e. The molecule has 2 N–H and O–H groups in total. The summed E-state index contributed by atoms with van der Waals surface area (Å²) in [7, 11) is 3.14. The van der Waals surface area contributed by atoms with E-state index in [0.29, 0.717) is 47.2 Å². The molecule has 2 aromatic carbocycles. The first-order chi connectivity index (χ1) is 23.2. The van der Waals surface area contributed by atoms with E-state index < -0.39 is 0 Å². The zero-order valence-electron chi connectivity index (χ0n) is 28.2. The number of aromatic nitrogens is 2. The Labute approximate surface area is 282 Å². The Bertz CT molecular complexity index is 1630. The molecule has 2 aliphatic carbocycles. The smallest absolute Gasteiger partial charge is 0.269 e. The van der Waals surface area contributed by atoms with Crippen molar-refractivity contribution in [1.29, 1.82) is 0 Å². The lowest BCUT2D eigenvalue weighted by molar-refractivity contribution is 0.0947. The minimum absolute atomic E-state index is 0.0169. The number of Topliss-reactive ketones (excluding diaryl/α,β-unsaturated/α-hetero) is 2. The molecule has 0 saturated heterocycles. The molecule has 2 aromatic heterocycles. The van der Waals surface area contributed by atoms with Gasteiger partial charge in [0.1, 0.15) is 11.4 Å². The lowest BCUT2D eigenvalue weighted by Gasteiger charge is -2.14. The Morgan fingerprint density at radius 2 is 0.958 bits per heavy atom. The fraction of sp³-hybridized carbons (Fsp3) is 0.350. The highest BCUT2D eigenvalue weighted by atomic mass is 16.2. The molecule has 2 saturated carbocycles. The van der Waals surface area contributed by atoms with Crippen LogP contribution in [0.15, 0.2) is 84.9 Å². The molecule has 6 rings (SSSR count). The second-order valence-corrected chi connectivity index (χ2v) is 12.9. The minimum Gasteiger partial charge on any atom is -0.354 e. The third-order valence-corrected chi connectivity index (χ3v) is 9.08. The van der Waals surface area contributed by atoms with E-state index in [1.54, 1.807) is 26.2 Å². The standard InChI is InChI=1S/2C20H22N2O2/c2*1-13(15-6-4-3-5-7-15)17-11-16(19(23)10-14-8-9-14)12-18(22-17)20(24)21-2/h2*3-7,11-14H,8-10H2,1-2H3,(H,21,24)/t2*13-/m10/s1. The third kappa shape index (κ3) is 9.09. The predicted molar refractivity (Wildman–Crippen MR) is 187 cm³/mol. The maximum Gasteiger partial charge on any atom is 0.269 e. The molecule has 8 nitrogen and oxygen atoms in total. The topological polar surface area (TPSA) is 118 Å². The van der Waals surface area contributed by atoms with Gasteiger partial charge in [-0.2, -0.15) is 0 Å². The number of hydrogen-bond donors (Lipinski definition) is 2. The van der Waals surface area contributed by atoms with Crippen LogP contribution in [0.2, 0.25) is 0 Å². The Morgan fingerprint density at radius 1 is 0.604 bits per heavy atom. The number of carbonyl (C=O) groups excluding carboxylic acids is 4. The number of rotatable bonds is 12. The summed E-state index contributed by atoms with van der Waals surface area (Å²) in [5.41, 5.74) is 5.51. The summed E-state index contributed by atoms with van der Waals surface area (Å²) in [6.45, 7) is 4.08. The molecule has 2 amide bonds. The fourth-order valence-corrected chi connectivity index (χ4v) is 5.59. The molecule has 48 heavy (non-hydrogen) atoms. The van der Waals surface area contributed by atoms with Crippen LogP contribution in [0.3, 0.4) is 0 Å². The molecule has 2 heterocycles. The molecule has 0 aliphatic heterocycles. The number of amides is 2. The average molecular weight is 645 g/mol. The molecule has 2 fully saturated rings. The molecule has 0 radical (unpaired) electrons. The van der Waals surface area contributed by atoms with E-state index in [4.69, 9.17) is 0 Å². The first-order valence-electron chi connectivity index (χ1n) is 16.8. The summed E-state index contributed by atoms with van der Waals surface area (Å²) in [5.74, 6) is 0.744. The number of hydrogen-bond acceptors (Lipinski definition) is 6. The van der Waals surface area contributed by atoms with Gasteiger partial charge in [0.15, 0.2) is 11.6 Å². The van der Waals surface area contributed by atoms with Crippen molar-refractivity contribution >= 4 is 23.4 Å². The SMILES string of the molecule is CNC(=O)c1cc(C(=O)CC2CC2)cc([C@@H](C)c2ccccc2)n1.CNC(=O)c1cc(C(=O)CC2CC2)cc([C@H](C)c2ccccc2)n1. The van der Waals surface area contributed by atoms with Gasteiger partial charge < -0.3 is 10.6 Å². The summed E-state index contributed by atoms with van der Waals surface area (Å²) in [5, 5.41) is 5.19.